The van der Waals surface area contributed by atoms with Gasteiger partial charge in [0.25, 0.3) is 5.95 Å². The van der Waals surface area contributed by atoms with Crippen molar-refractivity contribution in [3.8, 4) is 11.3 Å². The molecule has 0 aliphatic carbocycles. The van der Waals surface area contributed by atoms with Crippen LogP contribution in [0.2, 0.25) is 0 Å². The van der Waals surface area contributed by atoms with E-state index in [1.165, 1.54) is 12.1 Å². The first-order chi connectivity index (χ1) is 10.8. The Labute approximate surface area is 126 Å². The fourth-order valence-electron chi connectivity index (χ4n) is 1.81. The molecule has 5 nitrogen and oxygen atoms in total. The number of benzene rings is 2. The highest BCUT2D eigenvalue weighted by atomic mass is 19.1. The highest BCUT2D eigenvalue weighted by Crippen LogP contribution is 2.15. The zero-order valence-electron chi connectivity index (χ0n) is 11.5. The summed E-state index contributed by atoms with van der Waals surface area (Å²) in [4.78, 5) is 4.33. The van der Waals surface area contributed by atoms with Crippen LogP contribution in [0, 0.1) is 5.82 Å². The summed E-state index contributed by atoms with van der Waals surface area (Å²) in [5.74, 6) is 0.00733. The summed E-state index contributed by atoms with van der Waals surface area (Å²) in [7, 11) is 0. The number of hydrogen-bond donors (Lipinski definition) is 1. The van der Waals surface area contributed by atoms with Crippen LogP contribution in [0.3, 0.4) is 0 Å². The van der Waals surface area contributed by atoms with Crippen LogP contribution < -0.4 is 5.43 Å². The van der Waals surface area contributed by atoms with E-state index >= 15 is 0 Å². The van der Waals surface area contributed by atoms with Crippen molar-refractivity contribution in [3.63, 3.8) is 0 Å². The van der Waals surface area contributed by atoms with Gasteiger partial charge in [0.2, 0.25) is 0 Å². The summed E-state index contributed by atoms with van der Waals surface area (Å²) in [5.41, 5.74) is 5.12. The van der Waals surface area contributed by atoms with E-state index in [-0.39, 0.29) is 5.82 Å². The highest BCUT2D eigenvalue weighted by Gasteiger charge is 2.01. The maximum absolute atomic E-state index is 12.8. The van der Waals surface area contributed by atoms with Gasteiger partial charge in [-0.2, -0.15) is 10.2 Å². The van der Waals surface area contributed by atoms with Gasteiger partial charge in [-0.3, -0.25) is 0 Å². The Balaban J connectivity index is 1.72. The summed E-state index contributed by atoms with van der Waals surface area (Å²) >= 11 is 0. The Morgan fingerprint density at radius 1 is 1.00 bits per heavy atom. The van der Waals surface area contributed by atoms with Crippen LogP contribution in [-0.4, -0.2) is 21.4 Å². The molecule has 1 N–H and O–H groups in total. The molecule has 0 fully saturated rings. The normalized spacial score (nSPS) is 10.8. The molecular weight excluding hydrogens is 281 g/mol. The van der Waals surface area contributed by atoms with Gasteiger partial charge in [-0.15, -0.1) is 5.10 Å². The molecule has 0 bridgehead atoms. The molecule has 6 heteroatoms. The van der Waals surface area contributed by atoms with Crippen LogP contribution in [0.1, 0.15) is 5.56 Å². The van der Waals surface area contributed by atoms with Crippen molar-refractivity contribution < 1.29 is 4.39 Å². The number of hydrazone groups is 1. The molecule has 3 aromatic rings. The van der Waals surface area contributed by atoms with Crippen molar-refractivity contribution >= 4 is 12.2 Å². The van der Waals surface area contributed by atoms with Crippen molar-refractivity contribution in [3.05, 3.63) is 72.2 Å². The average Bonchev–Trinajstić information content (AvgIpc) is 2.58. The van der Waals surface area contributed by atoms with E-state index in [9.17, 15) is 4.39 Å². The Hall–Kier alpha value is -3.15. The fraction of sp³-hybridized carbons (Fsp3) is 0. The molecule has 0 saturated carbocycles. The number of hydrogen-bond acceptors (Lipinski definition) is 5. The van der Waals surface area contributed by atoms with E-state index in [0.717, 1.165) is 11.1 Å². The zero-order chi connectivity index (χ0) is 15.2. The molecule has 0 amide bonds. The van der Waals surface area contributed by atoms with Crippen molar-refractivity contribution in [1.82, 2.24) is 15.2 Å². The largest absolute Gasteiger partial charge is 0.263 e. The number of nitrogens with zero attached hydrogens (tertiary/aromatic N) is 4. The Bertz CT molecular complexity index is 772. The van der Waals surface area contributed by atoms with Gasteiger partial charge in [-0.05, 0) is 17.7 Å². The van der Waals surface area contributed by atoms with Gasteiger partial charge < -0.3 is 0 Å². The molecule has 22 heavy (non-hydrogen) atoms. The van der Waals surface area contributed by atoms with E-state index in [1.54, 1.807) is 24.5 Å². The van der Waals surface area contributed by atoms with Gasteiger partial charge in [0.1, 0.15) is 5.82 Å². The van der Waals surface area contributed by atoms with Gasteiger partial charge >= 0.3 is 0 Å². The molecule has 1 heterocycles. The molecule has 0 spiro atoms. The third-order valence-corrected chi connectivity index (χ3v) is 2.88. The SMILES string of the molecule is Fc1ccc(/C=N\Nc2nncc(-c3ccccc3)n2)cc1. The fourth-order valence-corrected chi connectivity index (χ4v) is 1.81. The van der Waals surface area contributed by atoms with Crippen LogP contribution in [0.5, 0.6) is 0 Å². The molecule has 108 valence electrons. The topological polar surface area (TPSA) is 63.1 Å². The maximum atomic E-state index is 12.8. The molecule has 0 saturated heterocycles. The first kappa shape index (κ1) is 13.8. The summed E-state index contributed by atoms with van der Waals surface area (Å²) in [6, 6.07) is 15.7. The third kappa shape index (κ3) is 3.49. The molecule has 0 unspecified atom stereocenters. The van der Waals surface area contributed by atoms with E-state index in [0.29, 0.717) is 11.6 Å². The molecule has 3 rings (SSSR count). The monoisotopic (exact) mass is 293 g/mol. The van der Waals surface area contributed by atoms with Crippen molar-refractivity contribution in [1.29, 1.82) is 0 Å². The van der Waals surface area contributed by atoms with Gasteiger partial charge in [-0.25, -0.2) is 14.8 Å². The summed E-state index contributed by atoms with van der Waals surface area (Å²) in [6.07, 6.45) is 3.14. The number of halogens is 1. The minimum absolute atomic E-state index is 0.284. The summed E-state index contributed by atoms with van der Waals surface area (Å²) in [5, 5.41) is 11.8. The number of nitrogens with one attached hydrogen (secondary N) is 1. The van der Waals surface area contributed by atoms with Crippen molar-refractivity contribution in [2.45, 2.75) is 0 Å². The van der Waals surface area contributed by atoms with E-state index in [4.69, 9.17) is 0 Å². The standard InChI is InChI=1S/C16H12FN5/c17-14-8-6-12(7-9-14)10-18-21-16-20-15(11-19-22-16)13-4-2-1-3-5-13/h1-11H,(H,20,21,22)/b18-10-. The number of aromatic nitrogens is 3. The van der Waals surface area contributed by atoms with E-state index in [1.807, 2.05) is 30.3 Å². The first-order valence-electron chi connectivity index (χ1n) is 6.61. The molecule has 2 aromatic carbocycles. The van der Waals surface area contributed by atoms with Crippen LogP contribution in [0.4, 0.5) is 10.3 Å². The lowest BCUT2D eigenvalue weighted by Gasteiger charge is -2.01. The lowest BCUT2D eigenvalue weighted by Crippen LogP contribution is -1.99. The second-order valence-electron chi connectivity index (χ2n) is 4.45. The predicted molar refractivity (Wildman–Crippen MR) is 82.9 cm³/mol. The van der Waals surface area contributed by atoms with Crippen LogP contribution in [0.15, 0.2) is 65.9 Å². The van der Waals surface area contributed by atoms with Crippen LogP contribution >= 0.6 is 0 Å². The quantitative estimate of drug-likeness (QED) is 0.593. The first-order valence-corrected chi connectivity index (χ1v) is 6.61. The molecule has 0 aliphatic rings. The Morgan fingerprint density at radius 2 is 1.77 bits per heavy atom. The molecule has 0 radical (unpaired) electrons. The molecule has 0 atom stereocenters. The van der Waals surface area contributed by atoms with Crippen molar-refractivity contribution in [2.24, 2.45) is 5.10 Å². The van der Waals surface area contributed by atoms with Gasteiger partial charge in [0.05, 0.1) is 18.1 Å². The van der Waals surface area contributed by atoms with E-state index in [2.05, 4.69) is 25.7 Å². The molecule has 1 aromatic heterocycles. The maximum Gasteiger partial charge on any atom is 0.263 e. The number of anilines is 1. The van der Waals surface area contributed by atoms with Crippen LogP contribution in [-0.2, 0) is 0 Å². The smallest absolute Gasteiger partial charge is 0.244 e. The highest BCUT2D eigenvalue weighted by molar-refractivity contribution is 5.79. The molecular formula is C16H12FN5. The minimum Gasteiger partial charge on any atom is -0.244 e. The van der Waals surface area contributed by atoms with E-state index < -0.39 is 0 Å². The minimum atomic E-state index is -0.284. The third-order valence-electron chi connectivity index (χ3n) is 2.88. The Morgan fingerprint density at radius 3 is 2.55 bits per heavy atom. The van der Waals surface area contributed by atoms with Gasteiger partial charge in [0.15, 0.2) is 0 Å². The lowest BCUT2D eigenvalue weighted by molar-refractivity contribution is 0.628. The average molecular weight is 293 g/mol. The second kappa shape index (κ2) is 6.53. The summed E-state index contributed by atoms with van der Waals surface area (Å²) in [6.45, 7) is 0. The van der Waals surface area contributed by atoms with Crippen molar-refractivity contribution in [2.75, 3.05) is 5.43 Å². The van der Waals surface area contributed by atoms with Gasteiger partial charge in [0, 0.05) is 5.56 Å². The lowest BCUT2D eigenvalue weighted by atomic mass is 10.2. The molecule has 0 aliphatic heterocycles. The summed E-state index contributed by atoms with van der Waals surface area (Å²) < 4.78 is 12.8. The van der Waals surface area contributed by atoms with Crippen LogP contribution in [0.25, 0.3) is 11.3 Å². The predicted octanol–water partition coefficient (Wildman–Crippen LogP) is 3.12. The Kier molecular flexibility index (Phi) is 4.10. The van der Waals surface area contributed by atoms with Gasteiger partial charge in [-0.1, -0.05) is 42.5 Å². The zero-order valence-corrected chi connectivity index (χ0v) is 11.5. The second-order valence-corrected chi connectivity index (χ2v) is 4.45. The number of rotatable bonds is 4.